The van der Waals surface area contributed by atoms with E-state index in [9.17, 15) is 9.59 Å². The maximum absolute atomic E-state index is 13.2. The van der Waals surface area contributed by atoms with Crippen molar-refractivity contribution >= 4 is 17.5 Å². The van der Waals surface area contributed by atoms with Crippen LogP contribution >= 0.6 is 0 Å². The van der Waals surface area contributed by atoms with Crippen LogP contribution in [-0.2, 0) is 11.3 Å². The summed E-state index contributed by atoms with van der Waals surface area (Å²) in [4.78, 5) is 27.8. The number of hydrogen-bond acceptors (Lipinski definition) is 4. The van der Waals surface area contributed by atoms with Crippen molar-refractivity contribution in [3.8, 4) is 11.5 Å². The van der Waals surface area contributed by atoms with E-state index in [0.29, 0.717) is 35.7 Å². The zero-order valence-corrected chi connectivity index (χ0v) is 16.7. The quantitative estimate of drug-likeness (QED) is 0.793. The lowest BCUT2D eigenvalue weighted by atomic mass is 10.0. The van der Waals surface area contributed by atoms with E-state index in [1.807, 2.05) is 38.1 Å². The van der Waals surface area contributed by atoms with Gasteiger partial charge in [-0.3, -0.25) is 9.59 Å². The smallest absolute Gasteiger partial charge is 0.255 e. The molecule has 1 N–H and O–H groups in total. The van der Waals surface area contributed by atoms with Crippen molar-refractivity contribution in [1.82, 2.24) is 4.90 Å². The monoisotopic (exact) mass is 382 g/mol. The number of carbonyl (C=O) groups excluding carboxylic acids is 2. The van der Waals surface area contributed by atoms with Crippen LogP contribution in [-0.4, -0.2) is 37.0 Å². The minimum Gasteiger partial charge on any atom is -0.497 e. The van der Waals surface area contributed by atoms with Crippen molar-refractivity contribution < 1.29 is 19.1 Å². The van der Waals surface area contributed by atoms with Gasteiger partial charge in [-0.1, -0.05) is 32.0 Å². The highest BCUT2D eigenvalue weighted by Gasteiger charge is 2.36. The maximum atomic E-state index is 13.2. The predicted molar refractivity (Wildman–Crippen MR) is 108 cm³/mol. The summed E-state index contributed by atoms with van der Waals surface area (Å²) < 4.78 is 10.6. The summed E-state index contributed by atoms with van der Waals surface area (Å²) in [6.07, 6.45) is 0.567. The standard InChI is InChI=1S/C22H26N2O4/c1-14(2)11-19(24-13-15-7-5-6-8-17(15)22(24)26)21(25)23-18-12-16(27-3)9-10-20(18)28-4/h5-10,12,14,19H,11,13H2,1-4H3,(H,23,25). The molecule has 2 aromatic carbocycles. The van der Waals surface area contributed by atoms with Crippen LogP contribution in [0.2, 0.25) is 0 Å². The molecule has 1 heterocycles. The van der Waals surface area contributed by atoms with Gasteiger partial charge in [-0.25, -0.2) is 0 Å². The Hall–Kier alpha value is -3.02. The molecule has 2 aromatic rings. The molecule has 0 bridgehead atoms. The first-order valence-electron chi connectivity index (χ1n) is 9.36. The fraction of sp³-hybridized carbons (Fsp3) is 0.364. The van der Waals surface area contributed by atoms with Gasteiger partial charge < -0.3 is 19.7 Å². The van der Waals surface area contributed by atoms with Crippen LogP contribution in [0.1, 0.15) is 36.2 Å². The van der Waals surface area contributed by atoms with Crippen molar-refractivity contribution in [3.05, 3.63) is 53.6 Å². The first-order chi connectivity index (χ1) is 13.4. The Kier molecular flexibility index (Phi) is 5.87. The largest absolute Gasteiger partial charge is 0.497 e. The van der Waals surface area contributed by atoms with Crippen LogP contribution in [0.4, 0.5) is 5.69 Å². The molecule has 0 saturated heterocycles. The van der Waals surface area contributed by atoms with Gasteiger partial charge in [-0.15, -0.1) is 0 Å². The van der Waals surface area contributed by atoms with Gasteiger partial charge in [0.2, 0.25) is 5.91 Å². The Morgan fingerprint density at radius 1 is 1.14 bits per heavy atom. The van der Waals surface area contributed by atoms with Gasteiger partial charge in [0.25, 0.3) is 5.91 Å². The molecule has 1 atom stereocenters. The highest BCUT2D eigenvalue weighted by atomic mass is 16.5. The Morgan fingerprint density at radius 3 is 2.54 bits per heavy atom. The number of nitrogens with zero attached hydrogens (tertiary/aromatic N) is 1. The molecule has 0 fully saturated rings. The average Bonchev–Trinajstić information content (AvgIpc) is 3.02. The Balaban J connectivity index is 1.87. The number of rotatable bonds is 7. The molecule has 0 radical (unpaired) electrons. The number of methoxy groups -OCH3 is 2. The highest BCUT2D eigenvalue weighted by molar-refractivity contribution is 6.04. The van der Waals surface area contributed by atoms with Crippen LogP contribution in [0.25, 0.3) is 0 Å². The fourth-order valence-corrected chi connectivity index (χ4v) is 3.48. The van der Waals surface area contributed by atoms with E-state index >= 15 is 0 Å². The third kappa shape index (κ3) is 3.96. The zero-order valence-electron chi connectivity index (χ0n) is 16.7. The zero-order chi connectivity index (χ0) is 20.3. The van der Waals surface area contributed by atoms with Gasteiger partial charge in [0.1, 0.15) is 17.5 Å². The van der Waals surface area contributed by atoms with Crippen LogP contribution in [0, 0.1) is 5.92 Å². The van der Waals surface area contributed by atoms with Crippen LogP contribution < -0.4 is 14.8 Å². The van der Waals surface area contributed by atoms with Crippen molar-refractivity contribution in [2.45, 2.75) is 32.9 Å². The molecule has 0 aromatic heterocycles. The van der Waals surface area contributed by atoms with E-state index in [1.165, 1.54) is 0 Å². The molecule has 1 unspecified atom stereocenters. The third-order valence-corrected chi connectivity index (χ3v) is 4.89. The normalized spacial score (nSPS) is 14.0. The van der Waals surface area contributed by atoms with E-state index in [0.717, 1.165) is 5.56 Å². The second kappa shape index (κ2) is 8.33. The molecule has 1 aliphatic rings. The minimum atomic E-state index is -0.573. The summed E-state index contributed by atoms with van der Waals surface area (Å²) in [6, 6.07) is 12.1. The maximum Gasteiger partial charge on any atom is 0.255 e. The number of benzene rings is 2. The molecule has 3 rings (SSSR count). The van der Waals surface area contributed by atoms with Crippen LogP contribution in [0.5, 0.6) is 11.5 Å². The second-order valence-corrected chi connectivity index (χ2v) is 7.29. The van der Waals surface area contributed by atoms with Crippen LogP contribution in [0.3, 0.4) is 0 Å². The SMILES string of the molecule is COc1ccc(OC)c(NC(=O)C(CC(C)C)N2Cc3ccccc3C2=O)c1. The fourth-order valence-electron chi connectivity index (χ4n) is 3.48. The van der Waals surface area contributed by atoms with Crippen molar-refractivity contribution in [2.24, 2.45) is 5.92 Å². The summed E-state index contributed by atoms with van der Waals surface area (Å²) in [5, 5.41) is 2.93. The molecule has 1 aliphatic heterocycles. The van der Waals surface area contributed by atoms with Crippen molar-refractivity contribution in [3.63, 3.8) is 0 Å². The molecule has 0 spiro atoms. The van der Waals surface area contributed by atoms with Gasteiger partial charge in [0.05, 0.1) is 19.9 Å². The molecule has 28 heavy (non-hydrogen) atoms. The summed E-state index contributed by atoms with van der Waals surface area (Å²) in [5.41, 5.74) is 2.14. The lowest BCUT2D eigenvalue weighted by Crippen LogP contribution is -2.45. The van der Waals surface area contributed by atoms with Gasteiger partial charge in [0, 0.05) is 18.2 Å². The Morgan fingerprint density at radius 2 is 1.89 bits per heavy atom. The Bertz CT molecular complexity index is 879. The lowest BCUT2D eigenvalue weighted by molar-refractivity contribution is -0.121. The Labute approximate surface area is 165 Å². The molecular formula is C22H26N2O4. The first kappa shape index (κ1) is 19.7. The predicted octanol–water partition coefficient (Wildman–Crippen LogP) is 3.71. The number of fused-ring (bicyclic) bond motifs is 1. The number of hydrogen-bond donors (Lipinski definition) is 1. The van der Waals surface area contributed by atoms with Gasteiger partial charge >= 0.3 is 0 Å². The topological polar surface area (TPSA) is 67.9 Å². The van der Waals surface area contributed by atoms with E-state index < -0.39 is 6.04 Å². The average molecular weight is 382 g/mol. The minimum absolute atomic E-state index is 0.103. The molecular weight excluding hydrogens is 356 g/mol. The molecule has 0 aliphatic carbocycles. The molecule has 6 nitrogen and oxygen atoms in total. The lowest BCUT2D eigenvalue weighted by Gasteiger charge is -2.28. The van der Waals surface area contributed by atoms with Crippen molar-refractivity contribution in [1.29, 1.82) is 0 Å². The van der Waals surface area contributed by atoms with E-state index in [1.54, 1.807) is 37.3 Å². The van der Waals surface area contributed by atoms with Gasteiger partial charge in [0.15, 0.2) is 0 Å². The summed E-state index contributed by atoms with van der Waals surface area (Å²) in [6.45, 7) is 4.52. The summed E-state index contributed by atoms with van der Waals surface area (Å²) >= 11 is 0. The van der Waals surface area contributed by atoms with E-state index in [-0.39, 0.29) is 17.7 Å². The number of anilines is 1. The van der Waals surface area contributed by atoms with E-state index in [4.69, 9.17) is 9.47 Å². The number of amides is 2. The third-order valence-electron chi connectivity index (χ3n) is 4.89. The molecule has 0 saturated carbocycles. The molecule has 6 heteroatoms. The number of ether oxygens (including phenoxy) is 2. The van der Waals surface area contributed by atoms with Gasteiger partial charge in [-0.05, 0) is 36.1 Å². The first-order valence-corrected chi connectivity index (χ1v) is 9.36. The van der Waals surface area contributed by atoms with Crippen molar-refractivity contribution in [2.75, 3.05) is 19.5 Å². The van der Waals surface area contributed by atoms with E-state index in [2.05, 4.69) is 5.32 Å². The second-order valence-electron chi connectivity index (χ2n) is 7.29. The highest BCUT2D eigenvalue weighted by Crippen LogP contribution is 2.31. The number of nitrogens with one attached hydrogen (secondary N) is 1. The van der Waals surface area contributed by atoms with Crippen LogP contribution in [0.15, 0.2) is 42.5 Å². The van der Waals surface area contributed by atoms with Gasteiger partial charge in [-0.2, -0.15) is 0 Å². The summed E-state index contributed by atoms with van der Waals surface area (Å²) in [5.74, 6) is 1.06. The number of carbonyl (C=O) groups is 2. The summed E-state index contributed by atoms with van der Waals surface area (Å²) in [7, 11) is 3.11. The molecule has 2 amide bonds. The molecule has 148 valence electrons.